The lowest BCUT2D eigenvalue weighted by Gasteiger charge is -2.22. The second-order valence-corrected chi connectivity index (χ2v) is 8.45. The molecule has 0 aliphatic heterocycles. The van der Waals surface area contributed by atoms with E-state index in [0.717, 1.165) is 41.3 Å². The summed E-state index contributed by atoms with van der Waals surface area (Å²) in [7, 11) is 0. The molecule has 3 rings (SSSR count). The largest absolute Gasteiger partial charge is 0.490 e. The van der Waals surface area contributed by atoms with Crippen LogP contribution in [-0.4, -0.2) is 18.6 Å². The number of amides is 1. The Kier molecular flexibility index (Phi) is 8.54. The number of carbonyl (C=O) groups excluding carboxylic acids is 1. The van der Waals surface area contributed by atoms with Gasteiger partial charge in [-0.3, -0.25) is 4.79 Å². The third kappa shape index (κ3) is 6.86. The van der Waals surface area contributed by atoms with E-state index in [1.54, 1.807) is 12.1 Å². The fourth-order valence-electron chi connectivity index (χ4n) is 3.57. The number of nitriles is 1. The van der Waals surface area contributed by atoms with E-state index in [-0.39, 0.29) is 17.5 Å². The molecule has 0 spiro atoms. The number of halogens is 1. The Labute approximate surface area is 192 Å². The Hall–Kier alpha value is -2.78. The van der Waals surface area contributed by atoms with Gasteiger partial charge in [0.1, 0.15) is 18.2 Å². The minimum atomic E-state index is -0.317. The Balaban J connectivity index is 1.72. The van der Waals surface area contributed by atoms with Crippen LogP contribution in [0.25, 0.3) is 6.08 Å². The number of nitrogens with one attached hydrogen (secondary N) is 1. The molecule has 1 fully saturated rings. The molecule has 1 aliphatic rings. The highest BCUT2D eigenvalue weighted by Crippen LogP contribution is 2.30. The molecule has 1 saturated carbocycles. The lowest BCUT2D eigenvalue weighted by Crippen LogP contribution is -2.36. The Bertz CT molecular complexity index is 958. The summed E-state index contributed by atoms with van der Waals surface area (Å²) in [6.07, 6.45) is 7.00. The van der Waals surface area contributed by atoms with Crippen LogP contribution in [0.3, 0.4) is 0 Å². The van der Waals surface area contributed by atoms with Gasteiger partial charge in [-0.15, -0.1) is 0 Å². The van der Waals surface area contributed by atoms with Crippen molar-refractivity contribution in [1.29, 1.82) is 5.26 Å². The molecular formula is C25H27BrN2O3. The van der Waals surface area contributed by atoms with Crippen LogP contribution in [0, 0.1) is 11.3 Å². The van der Waals surface area contributed by atoms with Gasteiger partial charge in [0, 0.05) is 10.5 Å². The third-order valence-corrected chi connectivity index (χ3v) is 5.72. The predicted molar refractivity (Wildman–Crippen MR) is 125 cm³/mol. The first-order chi connectivity index (χ1) is 15.1. The van der Waals surface area contributed by atoms with Gasteiger partial charge in [0.25, 0.3) is 5.91 Å². The van der Waals surface area contributed by atoms with Crippen LogP contribution in [-0.2, 0) is 11.4 Å². The van der Waals surface area contributed by atoms with Crippen molar-refractivity contribution in [3.05, 3.63) is 63.6 Å². The smallest absolute Gasteiger partial charge is 0.262 e. The molecule has 0 heterocycles. The van der Waals surface area contributed by atoms with Gasteiger partial charge >= 0.3 is 0 Å². The van der Waals surface area contributed by atoms with Crippen LogP contribution in [0.2, 0.25) is 0 Å². The van der Waals surface area contributed by atoms with Crippen molar-refractivity contribution in [2.45, 2.75) is 51.7 Å². The summed E-state index contributed by atoms with van der Waals surface area (Å²) in [5.41, 5.74) is 1.85. The first-order valence-electron chi connectivity index (χ1n) is 10.7. The maximum absolute atomic E-state index is 12.5. The average Bonchev–Trinajstić information content (AvgIpc) is 2.79. The summed E-state index contributed by atoms with van der Waals surface area (Å²) in [5.74, 6) is 0.883. The molecule has 1 N–H and O–H groups in total. The maximum atomic E-state index is 12.5. The van der Waals surface area contributed by atoms with Crippen molar-refractivity contribution in [3.8, 4) is 17.6 Å². The van der Waals surface area contributed by atoms with Crippen LogP contribution < -0.4 is 14.8 Å². The maximum Gasteiger partial charge on any atom is 0.262 e. The number of nitrogens with zero attached hydrogens (tertiary/aromatic N) is 1. The van der Waals surface area contributed by atoms with Crippen molar-refractivity contribution in [1.82, 2.24) is 5.32 Å². The SMILES string of the molecule is CCOc1cc(C=C(C#N)C(=O)NC2CCCCC2)ccc1OCc1ccc(Br)cc1. The molecule has 0 bridgehead atoms. The molecule has 0 saturated heterocycles. The van der Waals surface area contributed by atoms with Crippen LogP contribution in [0.15, 0.2) is 52.5 Å². The molecule has 0 aromatic heterocycles. The standard InChI is InChI=1S/C25H27BrN2O3/c1-2-30-24-15-19(10-13-23(24)31-17-18-8-11-21(26)12-9-18)14-20(16-27)25(29)28-22-6-4-3-5-7-22/h8-15,22H,2-7,17H2,1H3,(H,28,29). The molecule has 2 aromatic carbocycles. The summed E-state index contributed by atoms with van der Waals surface area (Å²) in [6.45, 7) is 2.80. The molecule has 0 atom stereocenters. The molecule has 0 unspecified atom stereocenters. The second-order valence-electron chi connectivity index (χ2n) is 7.53. The molecule has 1 amide bonds. The molecule has 162 valence electrons. The van der Waals surface area contributed by atoms with Crippen molar-refractivity contribution < 1.29 is 14.3 Å². The Morgan fingerprint density at radius 1 is 1.13 bits per heavy atom. The molecule has 5 nitrogen and oxygen atoms in total. The second kappa shape index (κ2) is 11.6. The van der Waals surface area contributed by atoms with Gasteiger partial charge < -0.3 is 14.8 Å². The fraction of sp³-hybridized carbons (Fsp3) is 0.360. The summed E-state index contributed by atoms with van der Waals surface area (Å²) >= 11 is 3.43. The van der Waals surface area contributed by atoms with E-state index in [1.165, 1.54) is 6.42 Å². The summed E-state index contributed by atoms with van der Waals surface area (Å²) < 4.78 is 12.7. The minimum Gasteiger partial charge on any atom is -0.490 e. The highest BCUT2D eigenvalue weighted by atomic mass is 79.9. The van der Waals surface area contributed by atoms with E-state index in [9.17, 15) is 10.1 Å². The van der Waals surface area contributed by atoms with Gasteiger partial charge in [-0.25, -0.2) is 0 Å². The van der Waals surface area contributed by atoms with E-state index < -0.39 is 0 Å². The Morgan fingerprint density at radius 2 is 1.87 bits per heavy atom. The predicted octanol–water partition coefficient (Wildman–Crippen LogP) is 5.78. The van der Waals surface area contributed by atoms with E-state index in [1.807, 2.05) is 49.4 Å². The number of hydrogen-bond donors (Lipinski definition) is 1. The number of carbonyl (C=O) groups is 1. The van der Waals surface area contributed by atoms with Crippen molar-refractivity contribution in [2.75, 3.05) is 6.61 Å². The molecule has 1 aliphatic carbocycles. The number of benzene rings is 2. The highest BCUT2D eigenvalue weighted by molar-refractivity contribution is 9.10. The normalized spacial score (nSPS) is 14.5. The number of ether oxygens (including phenoxy) is 2. The first-order valence-corrected chi connectivity index (χ1v) is 11.4. The topological polar surface area (TPSA) is 71.3 Å². The van der Waals surface area contributed by atoms with E-state index >= 15 is 0 Å². The van der Waals surface area contributed by atoms with E-state index in [4.69, 9.17) is 9.47 Å². The molecule has 31 heavy (non-hydrogen) atoms. The summed E-state index contributed by atoms with van der Waals surface area (Å²) in [5, 5.41) is 12.5. The molecule has 0 radical (unpaired) electrons. The zero-order valence-electron chi connectivity index (χ0n) is 17.7. The van der Waals surface area contributed by atoms with E-state index in [0.29, 0.717) is 24.7 Å². The number of rotatable bonds is 8. The van der Waals surface area contributed by atoms with Gasteiger partial charge in [0.15, 0.2) is 11.5 Å². The lowest BCUT2D eigenvalue weighted by atomic mass is 9.95. The van der Waals surface area contributed by atoms with Crippen LogP contribution in [0.1, 0.15) is 50.2 Å². The van der Waals surface area contributed by atoms with Gasteiger partial charge in [-0.2, -0.15) is 5.26 Å². The summed E-state index contributed by atoms with van der Waals surface area (Å²) in [4.78, 5) is 12.5. The van der Waals surface area contributed by atoms with Gasteiger partial charge in [-0.05, 0) is 61.2 Å². The number of hydrogen-bond acceptors (Lipinski definition) is 4. The van der Waals surface area contributed by atoms with E-state index in [2.05, 4.69) is 21.2 Å². The van der Waals surface area contributed by atoms with Crippen LogP contribution >= 0.6 is 15.9 Å². The van der Waals surface area contributed by atoms with Crippen LogP contribution in [0.5, 0.6) is 11.5 Å². The van der Waals surface area contributed by atoms with Crippen LogP contribution in [0.4, 0.5) is 0 Å². The zero-order chi connectivity index (χ0) is 22.1. The van der Waals surface area contributed by atoms with Gasteiger partial charge in [-0.1, -0.05) is 53.4 Å². The van der Waals surface area contributed by atoms with Crippen molar-refractivity contribution in [3.63, 3.8) is 0 Å². The molecular weight excluding hydrogens is 456 g/mol. The quantitative estimate of drug-likeness (QED) is 0.382. The monoisotopic (exact) mass is 482 g/mol. The Morgan fingerprint density at radius 3 is 2.55 bits per heavy atom. The van der Waals surface area contributed by atoms with Crippen molar-refractivity contribution in [2.24, 2.45) is 0 Å². The first kappa shape index (κ1) is 22.9. The van der Waals surface area contributed by atoms with Crippen molar-refractivity contribution >= 4 is 27.9 Å². The minimum absolute atomic E-state index is 0.0940. The van der Waals surface area contributed by atoms with Gasteiger partial charge in [0.05, 0.1) is 6.61 Å². The third-order valence-electron chi connectivity index (χ3n) is 5.19. The summed E-state index contributed by atoms with van der Waals surface area (Å²) in [6, 6.07) is 15.5. The van der Waals surface area contributed by atoms with Gasteiger partial charge in [0.2, 0.25) is 0 Å². The lowest BCUT2D eigenvalue weighted by molar-refractivity contribution is -0.117. The highest BCUT2D eigenvalue weighted by Gasteiger charge is 2.18. The molecule has 2 aromatic rings. The molecule has 6 heteroatoms. The fourth-order valence-corrected chi connectivity index (χ4v) is 3.83. The average molecular weight is 483 g/mol. The zero-order valence-corrected chi connectivity index (χ0v) is 19.3.